The second-order valence-corrected chi connectivity index (χ2v) is 6.98. The molecule has 2 nitrogen and oxygen atoms in total. The number of hydrogen-bond acceptors (Lipinski definition) is 2. The lowest BCUT2D eigenvalue weighted by atomic mass is 9.71. The van der Waals surface area contributed by atoms with E-state index in [2.05, 4.69) is 60.8 Å². The fourth-order valence-corrected chi connectivity index (χ4v) is 4.75. The Bertz CT molecular complexity index is 667. The van der Waals surface area contributed by atoms with E-state index in [1.54, 1.807) is 7.11 Å². The minimum Gasteiger partial charge on any atom is -0.496 e. The second-order valence-electron chi connectivity index (χ2n) is 6.98. The topological polar surface area (TPSA) is 21.3 Å². The third kappa shape index (κ3) is 2.46. The molecule has 2 aromatic rings. The lowest BCUT2D eigenvalue weighted by molar-refractivity contribution is 0.332. The first-order valence-electron chi connectivity index (χ1n) is 8.73. The van der Waals surface area contributed by atoms with Gasteiger partial charge in [-0.2, -0.15) is 0 Å². The van der Waals surface area contributed by atoms with Crippen molar-refractivity contribution in [3.05, 3.63) is 65.2 Å². The first-order chi connectivity index (χ1) is 11.3. The quantitative estimate of drug-likeness (QED) is 0.921. The van der Waals surface area contributed by atoms with Gasteiger partial charge in [0.05, 0.1) is 7.11 Å². The molecule has 0 radical (unpaired) electrons. The second kappa shape index (κ2) is 6.01. The summed E-state index contributed by atoms with van der Waals surface area (Å²) in [6.45, 7) is 3.44. The Kier molecular flexibility index (Phi) is 3.86. The Morgan fingerprint density at radius 1 is 1.09 bits per heavy atom. The predicted molar refractivity (Wildman–Crippen MR) is 94.2 cm³/mol. The third-order valence-electron chi connectivity index (χ3n) is 5.91. The molecule has 0 aromatic heterocycles. The summed E-state index contributed by atoms with van der Waals surface area (Å²) < 4.78 is 5.67. The van der Waals surface area contributed by atoms with Gasteiger partial charge in [-0.25, -0.2) is 0 Å². The zero-order valence-electron chi connectivity index (χ0n) is 14.0. The molecule has 0 amide bonds. The van der Waals surface area contributed by atoms with Gasteiger partial charge in [-0.1, -0.05) is 49.4 Å². The molecule has 0 bridgehead atoms. The van der Waals surface area contributed by atoms with E-state index >= 15 is 0 Å². The van der Waals surface area contributed by atoms with Crippen molar-refractivity contribution >= 4 is 0 Å². The molecular formula is C21H25NO. The molecule has 0 saturated carbocycles. The van der Waals surface area contributed by atoms with Gasteiger partial charge >= 0.3 is 0 Å². The number of aryl methyl sites for hydroxylation is 1. The maximum absolute atomic E-state index is 5.67. The van der Waals surface area contributed by atoms with Gasteiger partial charge in [-0.05, 0) is 41.9 Å². The molecule has 4 atom stereocenters. The van der Waals surface area contributed by atoms with Crippen molar-refractivity contribution in [3.63, 3.8) is 0 Å². The van der Waals surface area contributed by atoms with Gasteiger partial charge in [0.1, 0.15) is 5.75 Å². The minimum absolute atomic E-state index is 0.544. The molecule has 1 N–H and O–H groups in total. The molecule has 2 aliphatic rings. The summed E-state index contributed by atoms with van der Waals surface area (Å²) in [4.78, 5) is 0. The van der Waals surface area contributed by atoms with Gasteiger partial charge in [-0.3, -0.25) is 0 Å². The molecule has 4 rings (SSSR count). The summed E-state index contributed by atoms with van der Waals surface area (Å²) in [5, 5.41) is 3.83. The highest BCUT2D eigenvalue weighted by Crippen LogP contribution is 2.47. The monoisotopic (exact) mass is 307 g/mol. The van der Waals surface area contributed by atoms with Crippen LogP contribution in [0.1, 0.15) is 41.9 Å². The number of fused-ring (bicyclic) bond motifs is 3. The van der Waals surface area contributed by atoms with Crippen molar-refractivity contribution in [1.29, 1.82) is 0 Å². The van der Waals surface area contributed by atoms with Crippen LogP contribution in [0.15, 0.2) is 48.5 Å². The standard InChI is InChI=1S/C21H25NO/c1-14(15-7-4-3-5-8-15)21-17-12-11-16-9-6-10-19(23-2)20(16)18(17)13-22-21/h3-10,14,17-18,21-22H,11-13H2,1-2H3/t14?,17-,18-,21-/m1/s1. The largest absolute Gasteiger partial charge is 0.496 e. The van der Waals surface area contributed by atoms with E-state index in [0.717, 1.165) is 12.3 Å². The molecule has 1 aliphatic heterocycles. The molecular weight excluding hydrogens is 282 g/mol. The Morgan fingerprint density at radius 2 is 1.91 bits per heavy atom. The SMILES string of the molecule is COc1cccc2c1[C@@H]1CN[C@H](C(C)c3ccccc3)[C@@H]1CC2. The number of ether oxygens (including phenoxy) is 1. The maximum Gasteiger partial charge on any atom is 0.122 e. The predicted octanol–water partition coefficient (Wildman–Crippen LogP) is 4.12. The third-order valence-corrected chi connectivity index (χ3v) is 5.91. The summed E-state index contributed by atoms with van der Waals surface area (Å²) in [6, 6.07) is 18.0. The zero-order chi connectivity index (χ0) is 15.8. The van der Waals surface area contributed by atoms with Gasteiger partial charge in [-0.15, -0.1) is 0 Å². The fraction of sp³-hybridized carbons (Fsp3) is 0.429. The summed E-state index contributed by atoms with van der Waals surface area (Å²) in [6.07, 6.45) is 2.45. The van der Waals surface area contributed by atoms with E-state index < -0.39 is 0 Å². The van der Waals surface area contributed by atoms with E-state index in [-0.39, 0.29) is 0 Å². The van der Waals surface area contributed by atoms with Crippen LogP contribution in [-0.4, -0.2) is 19.7 Å². The highest BCUT2D eigenvalue weighted by Gasteiger charge is 2.43. The summed E-state index contributed by atoms with van der Waals surface area (Å²) in [5.41, 5.74) is 4.39. The Balaban J connectivity index is 1.65. The molecule has 2 heteroatoms. The van der Waals surface area contributed by atoms with E-state index in [0.29, 0.717) is 23.8 Å². The normalized spacial score (nSPS) is 27.1. The first kappa shape index (κ1) is 14.8. The molecule has 1 saturated heterocycles. The van der Waals surface area contributed by atoms with Crippen molar-refractivity contribution in [1.82, 2.24) is 5.32 Å². The molecule has 120 valence electrons. The summed E-state index contributed by atoms with van der Waals surface area (Å²) in [7, 11) is 1.80. The smallest absolute Gasteiger partial charge is 0.122 e. The Morgan fingerprint density at radius 3 is 2.70 bits per heavy atom. The molecule has 1 aliphatic carbocycles. The van der Waals surface area contributed by atoms with E-state index in [4.69, 9.17) is 4.74 Å². The van der Waals surface area contributed by atoms with Crippen LogP contribution in [-0.2, 0) is 6.42 Å². The fourth-order valence-electron chi connectivity index (χ4n) is 4.75. The maximum atomic E-state index is 5.67. The van der Waals surface area contributed by atoms with Gasteiger partial charge in [0.25, 0.3) is 0 Å². The van der Waals surface area contributed by atoms with Crippen LogP contribution in [0.4, 0.5) is 0 Å². The van der Waals surface area contributed by atoms with E-state index in [1.165, 1.54) is 29.5 Å². The van der Waals surface area contributed by atoms with E-state index in [1.807, 2.05) is 0 Å². The highest BCUT2D eigenvalue weighted by molar-refractivity contribution is 5.46. The average molecular weight is 307 g/mol. The van der Waals surface area contributed by atoms with Crippen LogP contribution < -0.4 is 10.1 Å². The van der Waals surface area contributed by atoms with Crippen molar-refractivity contribution in [3.8, 4) is 5.75 Å². The van der Waals surface area contributed by atoms with Crippen molar-refractivity contribution < 1.29 is 4.74 Å². The van der Waals surface area contributed by atoms with Gasteiger partial charge in [0.15, 0.2) is 0 Å². The van der Waals surface area contributed by atoms with Crippen LogP contribution >= 0.6 is 0 Å². The van der Waals surface area contributed by atoms with Crippen molar-refractivity contribution in [2.75, 3.05) is 13.7 Å². The van der Waals surface area contributed by atoms with Gasteiger partial charge in [0, 0.05) is 24.1 Å². The van der Waals surface area contributed by atoms with Crippen LogP contribution in [0, 0.1) is 5.92 Å². The molecule has 0 spiro atoms. The molecule has 2 aromatic carbocycles. The minimum atomic E-state index is 0.544. The van der Waals surface area contributed by atoms with Gasteiger partial charge in [0.2, 0.25) is 0 Å². The van der Waals surface area contributed by atoms with Gasteiger partial charge < -0.3 is 10.1 Å². The number of methoxy groups -OCH3 is 1. The number of nitrogens with one attached hydrogen (secondary N) is 1. The molecule has 1 unspecified atom stereocenters. The average Bonchev–Trinajstić information content (AvgIpc) is 3.05. The molecule has 1 heterocycles. The number of benzene rings is 2. The van der Waals surface area contributed by atoms with Crippen LogP contribution in [0.5, 0.6) is 5.75 Å². The number of rotatable bonds is 3. The molecule has 23 heavy (non-hydrogen) atoms. The van der Waals surface area contributed by atoms with Crippen molar-refractivity contribution in [2.45, 2.75) is 37.6 Å². The lowest BCUT2D eigenvalue weighted by Crippen LogP contribution is -2.34. The lowest BCUT2D eigenvalue weighted by Gasteiger charge is -2.34. The summed E-state index contributed by atoms with van der Waals surface area (Å²) in [5.74, 6) is 2.91. The van der Waals surface area contributed by atoms with Crippen LogP contribution in [0.3, 0.4) is 0 Å². The van der Waals surface area contributed by atoms with E-state index in [9.17, 15) is 0 Å². The highest BCUT2D eigenvalue weighted by atomic mass is 16.5. The molecule has 1 fully saturated rings. The van der Waals surface area contributed by atoms with Crippen LogP contribution in [0.25, 0.3) is 0 Å². The Hall–Kier alpha value is -1.80. The summed E-state index contributed by atoms with van der Waals surface area (Å²) >= 11 is 0. The first-order valence-corrected chi connectivity index (χ1v) is 8.73. The van der Waals surface area contributed by atoms with Crippen molar-refractivity contribution in [2.24, 2.45) is 5.92 Å². The zero-order valence-corrected chi connectivity index (χ0v) is 14.0. The number of hydrogen-bond donors (Lipinski definition) is 1. The Labute approximate surface area is 138 Å². The van der Waals surface area contributed by atoms with Crippen LogP contribution in [0.2, 0.25) is 0 Å².